The summed E-state index contributed by atoms with van der Waals surface area (Å²) in [5.74, 6) is -2.04. The van der Waals surface area contributed by atoms with Crippen molar-refractivity contribution >= 4 is 11.9 Å². The first-order valence-corrected chi connectivity index (χ1v) is 5.77. The summed E-state index contributed by atoms with van der Waals surface area (Å²) >= 11 is 0. The van der Waals surface area contributed by atoms with E-state index in [0.29, 0.717) is 6.61 Å². The molecule has 0 heterocycles. The SMILES string of the molecule is CCO/C=C\CC(C(=O)OCC)C(=O)OCC. The molecule has 0 unspecified atom stereocenters. The summed E-state index contributed by atoms with van der Waals surface area (Å²) in [5.41, 5.74) is 0. The van der Waals surface area contributed by atoms with Crippen LogP contribution >= 0.6 is 0 Å². The average Bonchev–Trinajstić information content (AvgIpc) is 2.29. The smallest absolute Gasteiger partial charge is 0.320 e. The van der Waals surface area contributed by atoms with Gasteiger partial charge in [0.15, 0.2) is 5.92 Å². The molecule has 0 spiro atoms. The van der Waals surface area contributed by atoms with Crippen molar-refractivity contribution in [2.24, 2.45) is 5.92 Å². The molecule has 17 heavy (non-hydrogen) atoms. The monoisotopic (exact) mass is 244 g/mol. The zero-order valence-corrected chi connectivity index (χ0v) is 10.6. The Morgan fingerprint density at radius 1 is 1.00 bits per heavy atom. The molecule has 0 aromatic rings. The highest BCUT2D eigenvalue weighted by atomic mass is 16.6. The van der Waals surface area contributed by atoms with E-state index >= 15 is 0 Å². The fraction of sp³-hybridized carbons (Fsp3) is 0.667. The van der Waals surface area contributed by atoms with Gasteiger partial charge < -0.3 is 14.2 Å². The number of hydrogen-bond acceptors (Lipinski definition) is 5. The maximum Gasteiger partial charge on any atom is 0.320 e. The van der Waals surface area contributed by atoms with E-state index < -0.39 is 17.9 Å². The van der Waals surface area contributed by atoms with Crippen LogP contribution in [0.3, 0.4) is 0 Å². The average molecular weight is 244 g/mol. The predicted octanol–water partition coefficient (Wildman–Crippen LogP) is 1.67. The molecule has 5 nitrogen and oxygen atoms in total. The summed E-state index contributed by atoms with van der Waals surface area (Å²) in [7, 11) is 0. The van der Waals surface area contributed by atoms with Crippen molar-refractivity contribution in [2.45, 2.75) is 27.2 Å². The van der Waals surface area contributed by atoms with Gasteiger partial charge in [0.05, 0.1) is 26.1 Å². The van der Waals surface area contributed by atoms with Crippen molar-refractivity contribution in [1.82, 2.24) is 0 Å². The molecule has 0 aliphatic heterocycles. The highest BCUT2D eigenvalue weighted by Crippen LogP contribution is 2.10. The Balaban J connectivity index is 4.39. The van der Waals surface area contributed by atoms with Crippen molar-refractivity contribution in [3.63, 3.8) is 0 Å². The first kappa shape index (κ1) is 15.5. The van der Waals surface area contributed by atoms with Crippen LogP contribution < -0.4 is 0 Å². The van der Waals surface area contributed by atoms with Crippen LogP contribution in [-0.4, -0.2) is 31.8 Å². The lowest BCUT2D eigenvalue weighted by atomic mass is 10.1. The lowest BCUT2D eigenvalue weighted by Crippen LogP contribution is -2.27. The van der Waals surface area contributed by atoms with Gasteiger partial charge in [0.1, 0.15) is 0 Å². The molecule has 0 aromatic heterocycles. The number of ether oxygens (including phenoxy) is 3. The Kier molecular flexibility index (Phi) is 8.82. The van der Waals surface area contributed by atoms with Gasteiger partial charge in [0, 0.05) is 0 Å². The molecule has 5 heteroatoms. The molecular weight excluding hydrogens is 224 g/mol. The minimum absolute atomic E-state index is 0.220. The Bertz CT molecular complexity index is 242. The molecule has 0 saturated heterocycles. The van der Waals surface area contributed by atoms with Crippen LogP contribution in [0.2, 0.25) is 0 Å². The zero-order valence-electron chi connectivity index (χ0n) is 10.6. The number of esters is 2. The molecule has 0 saturated carbocycles. The van der Waals surface area contributed by atoms with Crippen molar-refractivity contribution in [3.05, 3.63) is 12.3 Å². The van der Waals surface area contributed by atoms with Crippen molar-refractivity contribution in [3.8, 4) is 0 Å². The van der Waals surface area contributed by atoms with Gasteiger partial charge >= 0.3 is 11.9 Å². The third-order valence-electron chi connectivity index (χ3n) is 1.87. The second-order valence-electron chi connectivity index (χ2n) is 3.12. The molecule has 0 rings (SSSR count). The summed E-state index contributed by atoms with van der Waals surface area (Å²) < 4.78 is 14.6. The van der Waals surface area contributed by atoms with Gasteiger partial charge in [0.2, 0.25) is 0 Å². The van der Waals surface area contributed by atoms with E-state index in [1.165, 1.54) is 6.26 Å². The van der Waals surface area contributed by atoms with Gasteiger partial charge in [-0.2, -0.15) is 0 Å². The van der Waals surface area contributed by atoms with Crippen LogP contribution in [0.4, 0.5) is 0 Å². The molecule has 0 aromatic carbocycles. The molecule has 98 valence electrons. The summed E-state index contributed by atoms with van der Waals surface area (Å²) in [5, 5.41) is 0. The van der Waals surface area contributed by atoms with Crippen LogP contribution in [0.1, 0.15) is 27.2 Å². The zero-order chi connectivity index (χ0) is 13.1. The molecule has 0 amide bonds. The van der Waals surface area contributed by atoms with E-state index in [-0.39, 0.29) is 19.6 Å². The summed E-state index contributed by atoms with van der Waals surface area (Å²) in [4.78, 5) is 23.1. The second kappa shape index (κ2) is 9.69. The van der Waals surface area contributed by atoms with Crippen LogP contribution in [-0.2, 0) is 23.8 Å². The third-order valence-corrected chi connectivity index (χ3v) is 1.87. The van der Waals surface area contributed by atoms with Crippen LogP contribution in [0.25, 0.3) is 0 Å². The van der Waals surface area contributed by atoms with Crippen LogP contribution in [0, 0.1) is 5.92 Å². The molecule has 0 bridgehead atoms. The number of allylic oxidation sites excluding steroid dienone is 1. The predicted molar refractivity (Wildman–Crippen MR) is 62.1 cm³/mol. The minimum Gasteiger partial charge on any atom is -0.502 e. The van der Waals surface area contributed by atoms with Crippen molar-refractivity contribution in [2.75, 3.05) is 19.8 Å². The molecule has 0 aliphatic rings. The Labute approximate surface area is 102 Å². The van der Waals surface area contributed by atoms with Gasteiger partial charge in [-0.05, 0) is 33.3 Å². The van der Waals surface area contributed by atoms with Gasteiger partial charge in [-0.25, -0.2) is 0 Å². The Morgan fingerprint density at radius 3 is 1.94 bits per heavy atom. The van der Waals surface area contributed by atoms with Gasteiger partial charge in [-0.3, -0.25) is 9.59 Å². The van der Waals surface area contributed by atoms with E-state index in [4.69, 9.17) is 14.2 Å². The number of carbonyl (C=O) groups is 2. The highest BCUT2D eigenvalue weighted by molar-refractivity contribution is 5.95. The molecule has 0 fully saturated rings. The number of hydrogen-bond donors (Lipinski definition) is 0. The molecule has 0 radical (unpaired) electrons. The van der Waals surface area contributed by atoms with E-state index in [1.807, 2.05) is 6.92 Å². The fourth-order valence-corrected chi connectivity index (χ4v) is 1.13. The maximum absolute atomic E-state index is 11.5. The largest absolute Gasteiger partial charge is 0.502 e. The lowest BCUT2D eigenvalue weighted by Gasteiger charge is -2.12. The Morgan fingerprint density at radius 2 is 1.53 bits per heavy atom. The molecular formula is C12H20O5. The minimum atomic E-state index is -0.911. The number of carbonyl (C=O) groups excluding carboxylic acids is 2. The molecule has 0 atom stereocenters. The summed E-state index contributed by atoms with van der Waals surface area (Å²) in [6.45, 7) is 6.25. The van der Waals surface area contributed by atoms with Gasteiger partial charge in [-0.15, -0.1) is 0 Å². The quantitative estimate of drug-likeness (QED) is 0.369. The summed E-state index contributed by atoms with van der Waals surface area (Å²) in [6.07, 6.45) is 3.30. The summed E-state index contributed by atoms with van der Waals surface area (Å²) in [6, 6.07) is 0. The maximum atomic E-state index is 11.5. The van der Waals surface area contributed by atoms with Gasteiger partial charge in [-0.1, -0.05) is 0 Å². The van der Waals surface area contributed by atoms with E-state index in [0.717, 1.165) is 0 Å². The standard InChI is InChI=1S/C12H20O5/c1-4-15-9-7-8-10(11(13)16-5-2)12(14)17-6-3/h7,9-10H,4-6,8H2,1-3H3/b9-7-. The van der Waals surface area contributed by atoms with Crippen LogP contribution in [0.5, 0.6) is 0 Å². The Hall–Kier alpha value is -1.52. The van der Waals surface area contributed by atoms with E-state index in [1.54, 1.807) is 19.9 Å². The fourth-order valence-electron chi connectivity index (χ4n) is 1.13. The van der Waals surface area contributed by atoms with E-state index in [9.17, 15) is 9.59 Å². The second-order valence-corrected chi connectivity index (χ2v) is 3.12. The topological polar surface area (TPSA) is 61.8 Å². The van der Waals surface area contributed by atoms with Crippen molar-refractivity contribution < 1.29 is 23.8 Å². The third kappa shape index (κ3) is 6.60. The normalized spacial score (nSPS) is 10.6. The van der Waals surface area contributed by atoms with E-state index in [2.05, 4.69) is 0 Å². The molecule has 0 N–H and O–H groups in total. The van der Waals surface area contributed by atoms with Crippen LogP contribution in [0.15, 0.2) is 12.3 Å². The lowest BCUT2D eigenvalue weighted by molar-refractivity contribution is -0.161. The first-order chi connectivity index (χ1) is 8.17. The first-order valence-electron chi connectivity index (χ1n) is 5.77. The van der Waals surface area contributed by atoms with Crippen molar-refractivity contribution in [1.29, 1.82) is 0 Å². The van der Waals surface area contributed by atoms with Gasteiger partial charge in [0.25, 0.3) is 0 Å². The highest BCUT2D eigenvalue weighted by Gasteiger charge is 2.28. The molecule has 0 aliphatic carbocycles. The number of rotatable bonds is 8.